The van der Waals surface area contributed by atoms with Crippen molar-refractivity contribution in [1.82, 2.24) is 9.47 Å². The largest absolute Gasteiger partial charge is 0.477 e. The van der Waals surface area contributed by atoms with Gasteiger partial charge < -0.3 is 9.84 Å². The lowest BCUT2D eigenvalue weighted by atomic mass is 10.1. The fourth-order valence-electron chi connectivity index (χ4n) is 2.87. The predicted molar refractivity (Wildman–Crippen MR) is 89.8 cm³/mol. The minimum Gasteiger partial charge on any atom is -0.477 e. The van der Waals surface area contributed by atoms with E-state index in [1.54, 1.807) is 19.2 Å². The van der Waals surface area contributed by atoms with Gasteiger partial charge in [-0.1, -0.05) is 12.1 Å². The van der Waals surface area contributed by atoms with Gasteiger partial charge in [-0.15, -0.1) is 0 Å². The molecule has 0 unspecified atom stereocenters. The highest BCUT2D eigenvalue weighted by atomic mass is 16.5. The van der Waals surface area contributed by atoms with Gasteiger partial charge in [-0.2, -0.15) is 0 Å². The van der Waals surface area contributed by atoms with Gasteiger partial charge in [0.1, 0.15) is 5.56 Å². The summed E-state index contributed by atoms with van der Waals surface area (Å²) in [5.74, 6) is -1.20. The van der Waals surface area contributed by atoms with Gasteiger partial charge in [0, 0.05) is 31.5 Å². The maximum Gasteiger partial charge on any atom is 0.341 e. The van der Waals surface area contributed by atoms with Crippen LogP contribution >= 0.6 is 0 Å². The second-order valence-corrected chi connectivity index (χ2v) is 5.91. The summed E-state index contributed by atoms with van der Waals surface area (Å²) in [5.41, 5.74) is 1.58. The number of hydrogen-bond acceptors (Lipinski definition) is 4. The van der Waals surface area contributed by atoms with Crippen LogP contribution in [0.2, 0.25) is 0 Å². The molecule has 1 aromatic carbocycles. The van der Waals surface area contributed by atoms with Gasteiger partial charge in [0.15, 0.2) is 0 Å². The van der Waals surface area contributed by atoms with Gasteiger partial charge >= 0.3 is 5.97 Å². The van der Waals surface area contributed by atoms with Crippen LogP contribution in [-0.2, 0) is 11.3 Å². The minimum absolute atomic E-state index is 0.185. The van der Waals surface area contributed by atoms with Crippen molar-refractivity contribution in [3.05, 3.63) is 63.6 Å². The van der Waals surface area contributed by atoms with E-state index in [-0.39, 0.29) is 5.56 Å². The number of aromatic carboxylic acids is 1. The lowest BCUT2D eigenvalue weighted by Gasteiger charge is -2.26. The summed E-state index contributed by atoms with van der Waals surface area (Å²) < 4.78 is 6.71. The zero-order valence-corrected chi connectivity index (χ0v) is 13.6. The third-order valence-electron chi connectivity index (χ3n) is 4.24. The van der Waals surface area contributed by atoms with Gasteiger partial charge in [-0.25, -0.2) is 4.79 Å². The van der Waals surface area contributed by atoms with Crippen LogP contribution in [0.15, 0.2) is 41.3 Å². The smallest absolute Gasteiger partial charge is 0.341 e. The molecule has 0 amide bonds. The van der Waals surface area contributed by atoms with Crippen molar-refractivity contribution in [2.45, 2.75) is 13.5 Å². The molecule has 0 aliphatic carbocycles. The van der Waals surface area contributed by atoms with E-state index in [1.807, 2.05) is 24.3 Å². The van der Waals surface area contributed by atoms with Crippen LogP contribution in [0.25, 0.3) is 5.69 Å². The van der Waals surface area contributed by atoms with Crippen molar-refractivity contribution in [1.29, 1.82) is 0 Å². The molecule has 0 bridgehead atoms. The van der Waals surface area contributed by atoms with Crippen molar-refractivity contribution in [3.8, 4) is 5.69 Å². The zero-order valence-electron chi connectivity index (χ0n) is 13.6. The Morgan fingerprint density at radius 1 is 1.17 bits per heavy atom. The SMILES string of the molecule is Cc1ccn(-c2ccc(CN3CCOCC3)cc2)c(=O)c1C(=O)O. The first-order valence-electron chi connectivity index (χ1n) is 7.91. The van der Waals surface area contributed by atoms with Gasteiger partial charge in [-0.3, -0.25) is 14.3 Å². The molecule has 0 radical (unpaired) electrons. The van der Waals surface area contributed by atoms with E-state index < -0.39 is 11.5 Å². The number of hydrogen-bond donors (Lipinski definition) is 1. The molecule has 1 aliphatic heterocycles. The van der Waals surface area contributed by atoms with Crippen molar-refractivity contribution in [3.63, 3.8) is 0 Å². The molecule has 6 heteroatoms. The summed E-state index contributed by atoms with van der Waals surface area (Å²) >= 11 is 0. The molecule has 0 spiro atoms. The topological polar surface area (TPSA) is 71.8 Å². The van der Waals surface area contributed by atoms with Crippen LogP contribution < -0.4 is 5.56 Å². The predicted octanol–water partition coefficient (Wildman–Crippen LogP) is 1.68. The summed E-state index contributed by atoms with van der Waals surface area (Å²) in [6, 6.07) is 9.28. The highest BCUT2D eigenvalue weighted by Crippen LogP contribution is 2.12. The van der Waals surface area contributed by atoms with Gasteiger partial charge in [0.2, 0.25) is 0 Å². The van der Waals surface area contributed by atoms with Crippen LogP contribution in [0.1, 0.15) is 21.5 Å². The first-order chi connectivity index (χ1) is 11.6. The molecule has 3 rings (SSSR count). The maximum atomic E-state index is 12.4. The third kappa shape index (κ3) is 3.39. The Labute approximate surface area is 139 Å². The lowest BCUT2D eigenvalue weighted by molar-refractivity contribution is 0.0342. The quantitative estimate of drug-likeness (QED) is 0.924. The van der Waals surface area contributed by atoms with Crippen LogP contribution in [0, 0.1) is 6.92 Å². The summed E-state index contributed by atoms with van der Waals surface area (Å²) in [5, 5.41) is 9.22. The summed E-state index contributed by atoms with van der Waals surface area (Å²) in [4.78, 5) is 26.0. The number of carboxylic acids is 1. The lowest BCUT2D eigenvalue weighted by Crippen LogP contribution is -2.35. The normalized spacial score (nSPS) is 15.4. The number of carbonyl (C=O) groups is 1. The van der Waals surface area contributed by atoms with Crippen molar-refractivity contribution in [2.24, 2.45) is 0 Å². The number of aryl methyl sites for hydroxylation is 1. The van der Waals surface area contributed by atoms with Crippen LogP contribution in [0.5, 0.6) is 0 Å². The van der Waals surface area contributed by atoms with Crippen LogP contribution in [0.3, 0.4) is 0 Å². The molecule has 1 N–H and O–H groups in total. The number of aromatic nitrogens is 1. The second-order valence-electron chi connectivity index (χ2n) is 5.91. The highest BCUT2D eigenvalue weighted by Gasteiger charge is 2.15. The molecule has 1 aromatic heterocycles. The molecular formula is C18H20N2O4. The molecule has 0 saturated carbocycles. The van der Waals surface area contributed by atoms with Gasteiger partial charge in [0.25, 0.3) is 5.56 Å². The number of benzene rings is 1. The molecule has 2 aromatic rings. The number of rotatable bonds is 4. The van der Waals surface area contributed by atoms with E-state index in [1.165, 1.54) is 4.57 Å². The van der Waals surface area contributed by atoms with Crippen LogP contribution in [-0.4, -0.2) is 46.8 Å². The first kappa shape index (κ1) is 16.4. The Bertz CT molecular complexity index is 790. The standard InChI is InChI=1S/C18H20N2O4/c1-13-6-7-20(17(21)16(13)18(22)23)15-4-2-14(3-5-15)12-19-8-10-24-11-9-19/h2-7H,8-12H2,1H3,(H,22,23). The average Bonchev–Trinajstić information content (AvgIpc) is 2.57. The van der Waals surface area contributed by atoms with E-state index in [4.69, 9.17) is 4.74 Å². The van der Waals surface area contributed by atoms with Crippen LogP contribution in [0.4, 0.5) is 0 Å². The Kier molecular flexibility index (Phi) is 4.78. The molecule has 2 heterocycles. The molecule has 24 heavy (non-hydrogen) atoms. The average molecular weight is 328 g/mol. The first-order valence-corrected chi connectivity index (χ1v) is 7.91. The number of pyridine rings is 1. The Hall–Kier alpha value is -2.44. The van der Waals surface area contributed by atoms with Gasteiger partial charge in [-0.05, 0) is 36.2 Å². The Morgan fingerprint density at radius 3 is 2.46 bits per heavy atom. The number of ether oxygens (including phenoxy) is 1. The Balaban J connectivity index is 1.84. The minimum atomic E-state index is -1.20. The van der Waals surface area contributed by atoms with Crippen molar-refractivity contribution in [2.75, 3.05) is 26.3 Å². The van der Waals surface area contributed by atoms with E-state index >= 15 is 0 Å². The maximum absolute atomic E-state index is 12.4. The fourth-order valence-corrected chi connectivity index (χ4v) is 2.87. The van der Waals surface area contributed by atoms with Crippen molar-refractivity contribution < 1.29 is 14.6 Å². The third-order valence-corrected chi connectivity index (χ3v) is 4.24. The number of carboxylic acid groups (broad SMARTS) is 1. The molecule has 1 aliphatic rings. The van der Waals surface area contributed by atoms with E-state index in [9.17, 15) is 14.7 Å². The number of nitrogens with zero attached hydrogens (tertiary/aromatic N) is 2. The second kappa shape index (κ2) is 6.98. The van der Waals surface area contributed by atoms with E-state index in [2.05, 4.69) is 4.90 Å². The summed E-state index contributed by atoms with van der Waals surface area (Å²) in [6.07, 6.45) is 1.61. The molecule has 126 valence electrons. The summed E-state index contributed by atoms with van der Waals surface area (Å²) in [6.45, 7) is 5.82. The Morgan fingerprint density at radius 2 is 1.83 bits per heavy atom. The molecule has 1 fully saturated rings. The summed E-state index contributed by atoms with van der Waals surface area (Å²) in [7, 11) is 0. The zero-order chi connectivity index (χ0) is 17.1. The van der Waals surface area contributed by atoms with Crippen molar-refractivity contribution >= 4 is 5.97 Å². The molecule has 1 saturated heterocycles. The fraction of sp³-hybridized carbons (Fsp3) is 0.333. The van der Waals surface area contributed by atoms with E-state index in [0.717, 1.165) is 38.4 Å². The molecular weight excluding hydrogens is 308 g/mol. The monoisotopic (exact) mass is 328 g/mol. The highest BCUT2D eigenvalue weighted by molar-refractivity contribution is 5.88. The molecule has 0 atom stereocenters. The van der Waals surface area contributed by atoms with E-state index in [0.29, 0.717) is 11.3 Å². The number of morpholine rings is 1. The molecule has 6 nitrogen and oxygen atoms in total. The van der Waals surface area contributed by atoms with Gasteiger partial charge in [0.05, 0.1) is 13.2 Å².